The summed E-state index contributed by atoms with van der Waals surface area (Å²) in [5.74, 6) is -0.499. The molecule has 0 aliphatic carbocycles. The van der Waals surface area contributed by atoms with Gasteiger partial charge in [0, 0.05) is 17.6 Å². The molecule has 28 heavy (non-hydrogen) atoms. The number of hydrogen-bond donors (Lipinski definition) is 2. The van der Waals surface area contributed by atoms with E-state index in [2.05, 4.69) is 15.7 Å². The molecule has 0 bridgehead atoms. The molecule has 144 valence electrons. The molecule has 1 heterocycles. The third kappa shape index (κ3) is 4.65. The molecule has 0 saturated heterocycles. The number of anilines is 2. The molecule has 0 unspecified atom stereocenters. The van der Waals surface area contributed by atoms with Crippen molar-refractivity contribution in [3.05, 3.63) is 76.6 Å². The molecular weight excluding hydrogens is 352 g/mol. The van der Waals surface area contributed by atoms with Gasteiger partial charge in [0.15, 0.2) is 5.69 Å². The first-order chi connectivity index (χ1) is 13.3. The SMILES string of the molecule is Cc1ccc(C)c(NC(=O)Cn2ccc(C(=O)Nc3cc(C)ccc3C)n2)c1. The molecule has 3 aromatic rings. The Labute approximate surface area is 164 Å². The van der Waals surface area contributed by atoms with Gasteiger partial charge in [0.05, 0.1) is 0 Å². The fourth-order valence-electron chi connectivity index (χ4n) is 2.84. The van der Waals surface area contributed by atoms with E-state index in [0.29, 0.717) is 0 Å². The quantitative estimate of drug-likeness (QED) is 0.706. The monoisotopic (exact) mass is 376 g/mol. The molecule has 0 aliphatic rings. The van der Waals surface area contributed by atoms with Crippen molar-refractivity contribution in [2.45, 2.75) is 34.2 Å². The molecule has 0 aliphatic heterocycles. The fraction of sp³-hybridized carbons (Fsp3) is 0.227. The minimum Gasteiger partial charge on any atom is -0.324 e. The summed E-state index contributed by atoms with van der Waals surface area (Å²) in [5.41, 5.74) is 5.91. The Morgan fingerprint density at radius 1 is 0.857 bits per heavy atom. The highest BCUT2D eigenvalue weighted by atomic mass is 16.2. The largest absolute Gasteiger partial charge is 0.324 e. The zero-order valence-electron chi connectivity index (χ0n) is 16.5. The lowest BCUT2D eigenvalue weighted by atomic mass is 10.1. The van der Waals surface area contributed by atoms with Gasteiger partial charge in [0.1, 0.15) is 6.54 Å². The number of hydrogen-bond acceptors (Lipinski definition) is 3. The van der Waals surface area contributed by atoms with E-state index in [4.69, 9.17) is 0 Å². The third-order valence-electron chi connectivity index (χ3n) is 4.49. The summed E-state index contributed by atoms with van der Waals surface area (Å²) in [6.45, 7) is 7.86. The second-order valence-corrected chi connectivity index (χ2v) is 7.04. The second kappa shape index (κ2) is 8.08. The van der Waals surface area contributed by atoms with Gasteiger partial charge < -0.3 is 10.6 Å². The van der Waals surface area contributed by atoms with E-state index >= 15 is 0 Å². The predicted octanol–water partition coefficient (Wildman–Crippen LogP) is 4.01. The zero-order chi connectivity index (χ0) is 20.3. The topological polar surface area (TPSA) is 76.0 Å². The van der Waals surface area contributed by atoms with Crippen LogP contribution in [0.1, 0.15) is 32.7 Å². The Hall–Kier alpha value is -3.41. The van der Waals surface area contributed by atoms with Gasteiger partial charge in [-0.2, -0.15) is 5.10 Å². The zero-order valence-corrected chi connectivity index (χ0v) is 16.5. The maximum absolute atomic E-state index is 12.5. The Balaban J connectivity index is 1.64. The molecule has 0 radical (unpaired) electrons. The number of nitrogens with zero attached hydrogens (tertiary/aromatic N) is 2. The van der Waals surface area contributed by atoms with Crippen LogP contribution in [0.3, 0.4) is 0 Å². The van der Waals surface area contributed by atoms with Crippen LogP contribution in [-0.2, 0) is 11.3 Å². The number of carbonyl (C=O) groups is 2. The maximum Gasteiger partial charge on any atom is 0.276 e. The molecular formula is C22H24N4O2. The number of amides is 2. The van der Waals surface area contributed by atoms with Crippen molar-refractivity contribution in [3.63, 3.8) is 0 Å². The molecule has 3 rings (SSSR count). The van der Waals surface area contributed by atoms with Gasteiger partial charge >= 0.3 is 0 Å². The van der Waals surface area contributed by atoms with Crippen LogP contribution in [0, 0.1) is 27.7 Å². The molecule has 2 aromatic carbocycles. The van der Waals surface area contributed by atoms with Crippen molar-refractivity contribution in [1.29, 1.82) is 0 Å². The van der Waals surface area contributed by atoms with Crippen molar-refractivity contribution in [1.82, 2.24) is 9.78 Å². The molecule has 6 nitrogen and oxygen atoms in total. The van der Waals surface area contributed by atoms with Crippen molar-refractivity contribution in [3.8, 4) is 0 Å². The number of aromatic nitrogens is 2. The van der Waals surface area contributed by atoms with Crippen molar-refractivity contribution >= 4 is 23.2 Å². The fourth-order valence-corrected chi connectivity index (χ4v) is 2.84. The summed E-state index contributed by atoms with van der Waals surface area (Å²) >= 11 is 0. The number of nitrogens with one attached hydrogen (secondary N) is 2. The van der Waals surface area contributed by atoms with Crippen molar-refractivity contribution < 1.29 is 9.59 Å². The average molecular weight is 376 g/mol. The van der Waals surface area contributed by atoms with Crippen molar-refractivity contribution in [2.75, 3.05) is 10.6 Å². The third-order valence-corrected chi connectivity index (χ3v) is 4.49. The van der Waals surface area contributed by atoms with Crippen LogP contribution in [0.2, 0.25) is 0 Å². The molecule has 6 heteroatoms. The number of carbonyl (C=O) groups excluding carboxylic acids is 2. The summed E-state index contributed by atoms with van der Waals surface area (Å²) in [5, 5.41) is 9.99. The highest BCUT2D eigenvalue weighted by molar-refractivity contribution is 6.03. The van der Waals surface area contributed by atoms with E-state index in [-0.39, 0.29) is 24.1 Å². The maximum atomic E-state index is 12.5. The lowest BCUT2D eigenvalue weighted by Gasteiger charge is -2.09. The highest BCUT2D eigenvalue weighted by Gasteiger charge is 2.13. The van der Waals surface area contributed by atoms with E-state index < -0.39 is 0 Å². The predicted molar refractivity (Wildman–Crippen MR) is 111 cm³/mol. The lowest BCUT2D eigenvalue weighted by Crippen LogP contribution is -2.20. The number of aryl methyl sites for hydroxylation is 4. The first-order valence-corrected chi connectivity index (χ1v) is 9.11. The molecule has 1 aromatic heterocycles. The summed E-state index contributed by atoms with van der Waals surface area (Å²) < 4.78 is 1.46. The van der Waals surface area contributed by atoms with Crippen LogP contribution in [0.25, 0.3) is 0 Å². The Kier molecular flexibility index (Phi) is 5.59. The van der Waals surface area contributed by atoms with Gasteiger partial charge in [-0.3, -0.25) is 14.3 Å². The van der Waals surface area contributed by atoms with E-state index in [1.54, 1.807) is 12.3 Å². The lowest BCUT2D eigenvalue weighted by molar-refractivity contribution is -0.116. The van der Waals surface area contributed by atoms with Crippen molar-refractivity contribution in [2.24, 2.45) is 0 Å². The molecule has 2 amide bonds. The molecule has 0 saturated carbocycles. The minimum atomic E-state index is -0.303. The van der Waals surface area contributed by atoms with Gasteiger partial charge in [-0.25, -0.2) is 0 Å². The minimum absolute atomic E-state index is 0.0319. The molecule has 0 spiro atoms. The first-order valence-electron chi connectivity index (χ1n) is 9.11. The average Bonchev–Trinajstić information content (AvgIpc) is 3.10. The van der Waals surface area contributed by atoms with Crippen LogP contribution in [0.5, 0.6) is 0 Å². The first kappa shape index (κ1) is 19.4. The van der Waals surface area contributed by atoms with Gasteiger partial charge in [0.25, 0.3) is 5.91 Å². The van der Waals surface area contributed by atoms with Gasteiger partial charge in [-0.1, -0.05) is 24.3 Å². The molecule has 0 atom stereocenters. The van der Waals surface area contributed by atoms with Crippen LogP contribution in [0.4, 0.5) is 11.4 Å². The van der Waals surface area contributed by atoms with Gasteiger partial charge in [-0.15, -0.1) is 0 Å². The van der Waals surface area contributed by atoms with Crippen LogP contribution >= 0.6 is 0 Å². The number of rotatable bonds is 5. The normalized spacial score (nSPS) is 10.6. The summed E-state index contributed by atoms with van der Waals surface area (Å²) in [6, 6.07) is 13.4. The van der Waals surface area contributed by atoms with Crippen LogP contribution in [-0.4, -0.2) is 21.6 Å². The van der Waals surface area contributed by atoms with Crippen LogP contribution < -0.4 is 10.6 Å². The van der Waals surface area contributed by atoms with Gasteiger partial charge in [-0.05, 0) is 68.1 Å². The summed E-state index contributed by atoms with van der Waals surface area (Å²) in [6.07, 6.45) is 1.63. The Morgan fingerprint density at radius 2 is 1.43 bits per heavy atom. The second-order valence-electron chi connectivity index (χ2n) is 7.04. The summed E-state index contributed by atoms with van der Waals surface area (Å²) in [4.78, 5) is 24.8. The Bertz CT molecular complexity index is 1040. The number of benzene rings is 2. The van der Waals surface area contributed by atoms with Crippen LogP contribution in [0.15, 0.2) is 48.7 Å². The molecule has 2 N–H and O–H groups in total. The summed E-state index contributed by atoms with van der Waals surface area (Å²) in [7, 11) is 0. The van der Waals surface area contributed by atoms with E-state index in [1.165, 1.54) is 4.68 Å². The van der Waals surface area contributed by atoms with E-state index in [0.717, 1.165) is 33.6 Å². The smallest absolute Gasteiger partial charge is 0.276 e. The van der Waals surface area contributed by atoms with E-state index in [1.807, 2.05) is 64.1 Å². The Morgan fingerprint density at radius 3 is 2.04 bits per heavy atom. The van der Waals surface area contributed by atoms with E-state index in [9.17, 15) is 9.59 Å². The highest BCUT2D eigenvalue weighted by Crippen LogP contribution is 2.18. The standard InChI is InChI=1S/C22H24N4O2/c1-14-5-7-16(3)19(11-14)23-21(27)13-26-10-9-18(25-26)22(28)24-20-12-15(2)6-8-17(20)4/h5-12H,13H2,1-4H3,(H,23,27)(H,24,28). The van der Waals surface area contributed by atoms with Gasteiger partial charge in [0.2, 0.25) is 5.91 Å². The molecule has 0 fully saturated rings.